The molecule has 0 aliphatic carbocycles. The standard InChI is InChI=1S/C14H27N5O/c1-6-12-13(18-15)16-9-17-14(12)20-8-7-19(10(2)3)11(4)5/h9-11H,6-8,15H2,1-5H3,(H,16,17,18). The molecule has 0 aliphatic heterocycles. The smallest absolute Gasteiger partial charge is 0.221 e. The van der Waals surface area contributed by atoms with E-state index >= 15 is 0 Å². The lowest BCUT2D eigenvalue weighted by molar-refractivity contribution is 0.139. The maximum Gasteiger partial charge on any atom is 0.221 e. The SMILES string of the molecule is CCc1c(NN)ncnc1OCCN(C(C)C)C(C)C. The van der Waals surface area contributed by atoms with Crippen LogP contribution >= 0.6 is 0 Å². The number of ether oxygens (including phenoxy) is 1. The Labute approximate surface area is 121 Å². The Morgan fingerprint density at radius 2 is 1.90 bits per heavy atom. The highest BCUT2D eigenvalue weighted by Gasteiger charge is 2.14. The van der Waals surface area contributed by atoms with Crippen LogP contribution in [0.1, 0.15) is 40.2 Å². The Balaban J connectivity index is 2.66. The lowest BCUT2D eigenvalue weighted by Crippen LogP contribution is -2.39. The van der Waals surface area contributed by atoms with Gasteiger partial charge in [0.1, 0.15) is 18.8 Å². The number of hydrogen-bond donors (Lipinski definition) is 2. The third-order valence-corrected chi connectivity index (χ3v) is 3.31. The predicted molar refractivity (Wildman–Crippen MR) is 81.7 cm³/mol. The summed E-state index contributed by atoms with van der Waals surface area (Å²) in [5.41, 5.74) is 3.49. The first kappa shape index (κ1) is 16.7. The van der Waals surface area contributed by atoms with Crippen molar-refractivity contribution in [3.63, 3.8) is 0 Å². The fraction of sp³-hybridized carbons (Fsp3) is 0.714. The van der Waals surface area contributed by atoms with E-state index in [4.69, 9.17) is 10.6 Å². The minimum absolute atomic E-state index is 0.496. The lowest BCUT2D eigenvalue weighted by Gasteiger charge is -2.30. The summed E-state index contributed by atoms with van der Waals surface area (Å²) >= 11 is 0. The van der Waals surface area contributed by atoms with Gasteiger partial charge < -0.3 is 10.2 Å². The zero-order valence-corrected chi connectivity index (χ0v) is 13.2. The van der Waals surface area contributed by atoms with Crippen LogP contribution in [-0.2, 0) is 6.42 Å². The molecule has 0 aliphatic rings. The Bertz CT molecular complexity index is 401. The van der Waals surface area contributed by atoms with Gasteiger partial charge in [-0.1, -0.05) is 6.92 Å². The van der Waals surface area contributed by atoms with Crippen molar-refractivity contribution in [2.75, 3.05) is 18.6 Å². The first-order valence-electron chi connectivity index (χ1n) is 7.20. The highest BCUT2D eigenvalue weighted by atomic mass is 16.5. The number of aromatic nitrogens is 2. The average molecular weight is 281 g/mol. The number of nitrogens with zero attached hydrogens (tertiary/aromatic N) is 3. The van der Waals surface area contributed by atoms with E-state index in [0.717, 1.165) is 18.5 Å². The second-order valence-electron chi connectivity index (χ2n) is 5.28. The third-order valence-electron chi connectivity index (χ3n) is 3.31. The summed E-state index contributed by atoms with van der Waals surface area (Å²) in [5, 5.41) is 0. The highest BCUT2D eigenvalue weighted by Crippen LogP contribution is 2.21. The fourth-order valence-corrected chi connectivity index (χ4v) is 2.32. The normalized spacial score (nSPS) is 11.4. The molecule has 1 rings (SSSR count). The molecule has 0 saturated heterocycles. The molecule has 0 atom stereocenters. The largest absolute Gasteiger partial charge is 0.476 e. The van der Waals surface area contributed by atoms with Crippen LogP contribution in [-0.4, -0.2) is 40.1 Å². The van der Waals surface area contributed by atoms with Gasteiger partial charge in [-0.2, -0.15) is 0 Å². The molecule has 0 saturated carbocycles. The first-order chi connectivity index (χ1) is 9.51. The van der Waals surface area contributed by atoms with Crippen LogP contribution < -0.4 is 16.0 Å². The summed E-state index contributed by atoms with van der Waals surface area (Å²) in [6.07, 6.45) is 2.24. The highest BCUT2D eigenvalue weighted by molar-refractivity contribution is 5.47. The second-order valence-corrected chi connectivity index (χ2v) is 5.28. The maximum absolute atomic E-state index is 5.81. The van der Waals surface area contributed by atoms with Crippen LogP contribution in [0.5, 0.6) is 5.88 Å². The van der Waals surface area contributed by atoms with Gasteiger partial charge in [-0.3, -0.25) is 4.90 Å². The number of hydrazine groups is 1. The summed E-state index contributed by atoms with van der Waals surface area (Å²) in [4.78, 5) is 10.7. The van der Waals surface area contributed by atoms with Gasteiger partial charge >= 0.3 is 0 Å². The Hall–Kier alpha value is -1.40. The molecule has 0 radical (unpaired) electrons. The minimum Gasteiger partial charge on any atom is -0.476 e. The van der Waals surface area contributed by atoms with Crippen LogP contribution in [0.25, 0.3) is 0 Å². The van der Waals surface area contributed by atoms with Crippen LogP contribution in [0.15, 0.2) is 6.33 Å². The van der Waals surface area contributed by atoms with Crippen molar-refractivity contribution >= 4 is 5.82 Å². The number of nitrogens with two attached hydrogens (primary N) is 1. The van der Waals surface area contributed by atoms with Crippen LogP contribution in [0, 0.1) is 0 Å². The van der Waals surface area contributed by atoms with Crippen LogP contribution in [0.4, 0.5) is 5.82 Å². The van der Waals surface area contributed by atoms with E-state index in [1.807, 2.05) is 6.92 Å². The Kier molecular flexibility index (Phi) is 6.67. The van der Waals surface area contributed by atoms with Gasteiger partial charge in [0.2, 0.25) is 5.88 Å². The van der Waals surface area contributed by atoms with E-state index in [2.05, 4.69) is 48.0 Å². The molecule has 0 amide bonds. The molecule has 1 aromatic heterocycles. The molecule has 20 heavy (non-hydrogen) atoms. The number of nitrogens with one attached hydrogen (secondary N) is 1. The van der Waals surface area contributed by atoms with Crippen molar-refractivity contribution in [3.05, 3.63) is 11.9 Å². The molecule has 6 heteroatoms. The van der Waals surface area contributed by atoms with Crippen molar-refractivity contribution in [1.29, 1.82) is 0 Å². The quantitative estimate of drug-likeness (QED) is 0.559. The van der Waals surface area contributed by atoms with E-state index in [-0.39, 0.29) is 0 Å². The van der Waals surface area contributed by atoms with Gasteiger partial charge in [-0.25, -0.2) is 15.8 Å². The van der Waals surface area contributed by atoms with Crippen molar-refractivity contribution < 1.29 is 4.74 Å². The van der Waals surface area contributed by atoms with Gasteiger partial charge in [0.05, 0.1) is 5.56 Å². The van der Waals surface area contributed by atoms with E-state index in [1.165, 1.54) is 6.33 Å². The second kappa shape index (κ2) is 8.01. The zero-order valence-electron chi connectivity index (χ0n) is 13.2. The molecule has 0 aromatic carbocycles. The summed E-state index contributed by atoms with van der Waals surface area (Å²) in [6.45, 7) is 12.3. The number of anilines is 1. The summed E-state index contributed by atoms with van der Waals surface area (Å²) in [7, 11) is 0. The number of rotatable bonds is 8. The van der Waals surface area contributed by atoms with Crippen LogP contribution in [0.2, 0.25) is 0 Å². The Morgan fingerprint density at radius 3 is 2.40 bits per heavy atom. The lowest BCUT2D eigenvalue weighted by atomic mass is 10.2. The predicted octanol–water partition coefficient (Wildman–Crippen LogP) is 1.82. The van der Waals surface area contributed by atoms with Crippen molar-refractivity contribution in [3.8, 4) is 5.88 Å². The topological polar surface area (TPSA) is 76.3 Å². The van der Waals surface area contributed by atoms with Gasteiger partial charge in [0.25, 0.3) is 0 Å². The molecule has 6 nitrogen and oxygen atoms in total. The fourth-order valence-electron chi connectivity index (χ4n) is 2.32. The molecule has 1 aromatic rings. The molecule has 0 fully saturated rings. The zero-order chi connectivity index (χ0) is 15.1. The summed E-state index contributed by atoms with van der Waals surface area (Å²) in [5.74, 6) is 6.69. The van der Waals surface area contributed by atoms with Gasteiger partial charge in [-0.05, 0) is 34.1 Å². The molecule has 0 unspecified atom stereocenters. The van der Waals surface area contributed by atoms with Gasteiger partial charge in [0, 0.05) is 18.6 Å². The van der Waals surface area contributed by atoms with Crippen LogP contribution in [0.3, 0.4) is 0 Å². The summed E-state index contributed by atoms with van der Waals surface area (Å²) in [6, 6.07) is 0.992. The van der Waals surface area contributed by atoms with Gasteiger partial charge in [0.15, 0.2) is 0 Å². The maximum atomic E-state index is 5.81. The molecule has 3 N–H and O–H groups in total. The van der Waals surface area contributed by atoms with E-state index in [1.54, 1.807) is 0 Å². The van der Waals surface area contributed by atoms with Crippen molar-refractivity contribution in [2.45, 2.75) is 53.1 Å². The molecular weight excluding hydrogens is 254 g/mol. The molecule has 0 spiro atoms. The Morgan fingerprint density at radius 1 is 1.25 bits per heavy atom. The molecule has 0 bridgehead atoms. The van der Waals surface area contributed by atoms with Gasteiger partial charge in [-0.15, -0.1) is 0 Å². The summed E-state index contributed by atoms with van der Waals surface area (Å²) < 4.78 is 5.81. The van der Waals surface area contributed by atoms with E-state index < -0.39 is 0 Å². The third kappa shape index (κ3) is 4.31. The molecule has 1 heterocycles. The van der Waals surface area contributed by atoms with Crippen molar-refractivity contribution in [1.82, 2.24) is 14.9 Å². The molecule has 114 valence electrons. The monoisotopic (exact) mass is 281 g/mol. The van der Waals surface area contributed by atoms with E-state index in [0.29, 0.717) is 30.4 Å². The first-order valence-corrected chi connectivity index (χ1v) is 7.20. The molecular formula is C14H27N5O. The number of hydrogen-bond acceptors (Lipinski definition) is 6. The minimum atomic E-state index is 0.496. The number of nitrogen functional groups attached to an aromatic ring is 1. The average Bonchev–Trinajstić information content (AvgIpc) is 2.42. The van der Waals surface area contributed by atoms with E-state index in [9.17, 15) is 0 Å². The van der Waals surface area contributed by atoms with Crippen molar-refractivity contribution in [2.24, 2.45) is 5.84 Å².